The van der Waals surface area contributed by atoms with Crippen molar-refractivity contribution in [2.24, 2.45) is 11.7 Å². The molecular weight excluding hydrogens is 318 g/mol. The molecule has 0 radical (unpaired) electrons. The van der Waals surface area contributed by atoms with E-state index in [-0.39, 0.29) is 18.3 Å². The molecule has 1 aliphatic rings. The Bertz CT molecular complexity index is 613. The number of nitrogens with two attached hydrogens (primary N) is 1. The van der Waals surface area contributed by atoms with E-state index in [0.717, 1.165) is 23.7 Å². The SMILES string of the molecule is Cl.NCCc1nc(C(=O)N(CC2CC2)c2ccccc2)cs1. The summed E-state index contributed by atoms with van der Waals surface area (Å²) in [5, 5.41) is 2.77. The Morgan fingerprint density at radius 3 is 2.68 bits per heavy atom. The summed E-state index contributed by atoms with van der Waals surface area (Å²) in [7, 11) is 0. The Kier molecular flexibility index (Phi) is 5.94. The van der Waals surface area contributed by atoms with Crippen LogP contribution in [0.15, 0.2) is 35.7 Å². The zero-order chi connectivity index (χ0) is 14.7. The summed E-state index contributed by atoms with van der Waals surface area (Å²) in [4.78, 5) is 19.0. The van der Waals surface area contributed by atoms with Crippen molar-refractivity contribution in [2.45, 2.75) is 19.3 Å². The van der Waals surface area contributed by atoms with E-state index in [0.29, 0.717) is 18.2 Å². The molecule has 1 fully saturated rings. The van der Waals surface area contributed by atoms with Gasteiger partial charge in [-0.1, -0.05) is 18.2 Å². The molecule has 2 N–H and O–H groups in total. The van der Waals surface area contributed by atoms with Gasteiger partial charge in [0.1, 0.15) is 5.69 Å². The van der Waals surface area contributed by atoms with Crippen LogP contribution < -0.4 is 10.6 Å². The fraction of sp³-hybridized carbons (Fsp3) is 0.375. The Balaban J connectivity index is 0.00000176. The van der Waals surface area contributed by atoms with Crippen molar-refractivity contribution in [1.29, 1.82) is 0 Å². The molecule has 3 rings (SSSR count). The van der Waals surface area contributed by atoms with Gasteiger partial charge in [-0.05, 0) is 37.4 Å². The van der Waals surface area contributed by atoms with Gasteiger partial charge in [0, 0.05) is 24.0 Å². The van der Waals surface area contributed by atoms with Gasteiger partial charge in [-0.3, -0.25) is 4.79 Å². The van der Waals surface area contributed by atoms with Crippen LogP contribution in [-0.4, -0.2) is 24.0 Å². The molecule has 4 nitrogen and oxygen atoms in total. The summed E-state index contributed by atoms with van der Waals surface area (Å²) < 4.78 is 0. The molecule has 0 unspecified atom stereocenters. The lowest BCUT2D eigenvalue weighted by Crippen LogP contribution is -2.33. The summed E-state index contributed by atoms with van der Waals surface area (Å²) in [5.74, 6) is 0.629. The minimum absolute atomic E-state index is 0. The molecule has 1 heterocycles. The van der Waals surface area contributed by atoms with Gasteiger partial charge in [0.25, 0.3) is 5.91 Å². The second-order valence-corrected chi connectivity index (χ2v) is 6.30. The summed E-state index contributed by atoms with van der Waals surface area (Å²) in [6.07, 6.45) is 3.16. The molecule has 1 amide bonds. The summed E-state index contributed by atoms with van der Waals surface area (Å²) in [5.41, 5.74) is 7.02. The monoisotopic (exact) mass is 337 g/mol. The van der Waals surface area contributed by atoms with Crippen LogP contribution in [0.2, 0.25) is 0 Å². The molecule has 6 heteroatoms. The summed E-state index contributed by atoms with van der Waals surface area (Å²) in [6, 6.07) is 9.85. The van der Waals surface area contributed by atoms with E-state index in [4.69, 9.17) is 5.73 Å². The number of carbonyl (C=O) groups is 1. The number of thiazole rings is 1. The van der Waals surface area contributed by atoms with Crippen molar-refractivity contribution in [3.05, 3.63) is 46.4 Å². The molecule has 0 aliphatic heterocycles. The lowest BCUT2D eigenvalue weighted by atomic mass is 10.2. The van der Waals surface area contributed by atoms with Gasteiger partial charge in [0.05, 0.1) is 5.01 Å². The molecule has 1 aromatic carbocycles. The molecule has 118 valence electrons. The maximum absolute atomic E-state index is 12.8. The minimum Gasteiger partial charge on any atom is -0.330 e. The number of hydrogen-bond acceptors (Lipinski definition) is 4. The van der Waals surface area contributed by atoms with Crippen LogP contribution in [0.5, 0.6) is 0 Å². The molecule has 0 bridgehead atoms. The van der Waals surface area contributed by atoms with Crippen LogP contribution in [-0.2, 0) is 6.42 Å². The maximum atomic E-state index is 12.8. The lowest BCUT2D eigenvalue weighted by Gasteiger charge is -2.21. The Morgan fingerprint density at radius 1 is 1.32 bits per heavy atom. The van der Waals surface area contributed by atoms with Gasteiger partial charge in [0.2, 0.25) is 0 Å². The van der Waals surface area contributed by atoms with Gasteiger partial charge < -0.3 is 10.6 Å². The number of carbonyl (C=O) groups excluding carboxylic acids is 1. The van der Waals surface area contributed by atoms with E-state index in [1.165, 1.54) is 24.2 Å². The third-order valence-electron chi connectivity index (χ3n) is 3.58. The highest BCUT2D eigenvalue weighted by molar-refractivity contribution is 7.09. The highest BCUT2D eigenvalue weighted by Crippen LogP contribution is 2.32. The smallest absolute Gasteiger partial charge is 0.277 e. The number of rotatable bonds is 6. The number of aromatic nitrogens is 1. The van der Waals surface area contributed by atoms with E-state index in [2.05, 4.69) is 4.98 Å². The van der Waals surface area contributed by atoms with Crippen LogP contribution in [0, 0.1) is 5.92 Å². The molecule has 1 aliphatic carbocycles. The predicted molar refractivity (Wildman–Crippen MR) is 93.0 cm³/mol. The maximum Gasteiger partial charge on any atom is 0.277 e. The molecule has 0 spiro atoms. The molecule has 1 aromatic heterocycles. The fourth-order valence-corrected chi connectivity index (χ4v) is 3.05. The van der Waals surface area contributed by atoms with Gasteiger partial charge in [-0.25, -0.2) is 4.98 Å². The average molecular weight is 338 g/mol. The van der Waals surface area contributed by atoms with Crippen LogP contribution in [0.1, 0.15) is 28.3 Å². The van der Waals surface area contributed by atoms with Crippen molar-refractivity contribution in [3.63, 3.8) is 0 Å². The normalized spacial score (nSPS) is 13.5. The first kappa shape index (κ1) is 16.9. The third-order valence-corrected chi connectivity index (χ3v) is 4.49. The van der Waals surface area contributed by atoms with E-state index in [1.807, 2.05) is 40.6 Å². The second kappa shape index (κ2) is 7.72. The first-order chi connectivity index (χ1) is 10.3. The number of para-hydroxylation sites is 1. The quantitative estimate of drug-likeness (QED) is 0.881. The van der Waals surface area contributed by atoms with E-state index in [9.17, 15) is 4.79 Å². The molecule has 0 saturated heterocycles. The van der Waals surface area contributed by atoms with Gasteiger partial charge in [-0.2, -0.15) is 0 Å². The highest BCUT2D eigenvalue weighted by atomic mass is 35.5. The lowest BCUT2D eigenvalue weighted by molar-refractivity contribution is 0.0981. The standard InChI is InChI=1S/C16H19N3OS.ClH/c17-9-8-15-18-14(11-21-15)16(20)19(10-12-6-7-12)13-4-2-1-3-5-13;/h1-5,11-12H,6-10,17H2;1H. The van der Waals surface area contributed by atoms with Gasteiger partial charge in [-0.15, -0.1) is 23.7 Å². The van der Waals surface area contributed by atoms with Gasteiger partial charge >= 0.3 is 0 Å². The van der Waals surface area contributed by atoms with Crippen molar-refractivity contribution < 1.29 is 4.79 Å². The molecule has 2 aromatic rings. The van der Waals surface area contributed by atoms with Crippen LogP contribution >= 0.6 is 23.7 Å². The molecule has 22 heavy (non-hydrogen) atoms. The summed E-state index contributed by atoms with van der Waals surface area (Å²) >= 11 is 1.51. The zero-order valence-corrected chi connectivity index (χ0v) is 13.9. The van der Waals surface area contributed by atoms with Crippen molar-refractivity contribution >= 4 is 35.3 Å². The molecular formula is C16H20ClN3OS. The Morgan fingerprint density at radius 2 is 2.05 bits per heavy atom. The number of anilines is 1. The largest absolute Gasteiger partial charge is 0.330 e. The van der Waals surface area contributed by atoms with Crippen LogP contribution in [0.4, 0.5) is 5.69 Å². The second-order valence-electron chi connectivity index (χ2n) is 5.36. The fourth-order valence-electron chi connectivity index (χ4n) is 2.26. The topological polar surface area (TPSA) is 59.2 Å². The number of benzene rings is 1. The summed E-state index contributed by atoms with van der Waals surface area (Å²) in [6.45, 7) is 1.35. The third kappa shape index (κ3) is 4.06. The van der Waals surface area contributed by atoms with Crippen molar-refractivity contribution in [1.82, 2.24) is 4.98 Å². The van der Waals surface area contributed by atoms with Crippen LogP contribution in [0.3, 0.4) is 0 Å². The Labute approximate surface area is 140 Å². The van der Waals surface area contributed by atoms with Crippen molar-refractivity contribution in [2.75, 3.05) is 18.0 Å². The molecule has 0 atom stereocenters. The number of nitrogens with zero attached hydrogens (tertiary/aromatic N) is 2. The van der Waals surface area contributed by atoms with Gasteiger partial charge in [0.15, 0.2) is 0 Å². The highest BCUT2D eigenvalue weighted by Gasteiger charge is 2.29. The Hall–Kier alpha value is -1.43. The van der Waals surface area contributed by atoms with E-state index < -0.39 is 0 Å². The average Bonchev–Trinajstić information content (AvgIpc) is 3.22. The van der Waals surface area contributed by atoms with E-state index >= 15 is 0 Å². The molecule has 1 saturated carbocycles. The number of halogens is 1. The first-order valence-electron chi connectivity index (χ1n) is 7.29. The van der Waals surface area contributed by atoms with Crippen LogP contribution in [0.25, 0.3) is 0 Å². The first-order valence-corrected chi connectivity index (χ1v) is 8.17. The minimum atomic E-state index is -0.00683. The van der Waals surface area contributed by atoms with E-state index in [1.54, 1.807) is 0 Å². The van der Waals surface area contributed by atoms with Crippen molar-refractivity contribution in [3.8, 4) is 0 Å². The predicted octanol–water partition coefficient (Wildman–Crippen LogP) is 3.12. The number of amides is 1. The zero-order valence-electron chi connectivity index (χ0n) is 12.3. The number of hydrogen-bond donors (Lipinski definition) is 1.